The molecule has 6 heteroatoms. The van der Waals surface area contributed by atoms with Crippen molar-refractivity contribution in [3.8, 4) is 11.5 Å². The summed E-state index contributed by atoms with van der Waals surface area (Å²) >= 11 is 1.36. The molecule has 0 aliphatic carbocycles. The number of hydrogen-bond donors (Lipinski definition) is 0. The number of carbonyl (C=O) groups is 1. The number of aliphatic imine (C=N–C) groups is 1. The zero-order valence-corrected chi connectivity index (χ0v) is 20.7. The molecule has 1 amide bonds. The van der Waals surface area contributed by atoms with Gasteiger partial charge in [0.2, 0.25) is 0 Å². The van der Waals surface area contributed by atoms with Crippen molar-refractivity contribution in [2.24, 2.45) is 4.99 Å². The molecular weight excluding hydrogens is 444 g/mol. The molecule has 4 rings (SSSR count). The standard InChI is InChI=1S/C28H28N2O3S/c1-5-32-24-16-11-21(25(18-24)33-6-2)17-26-27(31)30(23-14-9-20(4)10-15-23)28(34-26)29-22-12-7-19(3)8-13-22/h7-18H,5-6H2,1-4H3/b26-17-,29-28?. The Morgan fingerprint density at radius 3 is 2.18 bits per heavy atom. The van der Waals surface area contributed by atoms with Crippen LogP contribution in [0.3, 0.4) is 0 Å². The normalized spacial score (nSPS) is 15.9. The number of amidine groups is 1. The Bertz CT molecular complexity index is 1230. The van der Waals surface area contributed by atoms with Crippen molar-refractivity contribution in [3.05, 3.63) is 88.3 Å². The van der Waals surface area contributed by atoms with E-state index >= 15 is 0 Å². The predicted molar refractivity (Wildman–Crippen MR) is 141 cm³/mol. The molecule has 0 N–H and O–H groups in total. The largest absolute Gasteiger partial charge is 0.494 e. The van der Waals surface area contributed by atoms with Crippen LogP contribution in [0.2, 0.25) is 0 Å². The van der Waals surface area contributed by atoms with E-state index in [2.05, 4.69) is 0 Å². The van der Waals surface area contributed by atoms with E-state index < -0.39 is 0 Å². The minimum atomic E-state index is -0.115. The van der Waals surface area contributed by atoms with Crippen LogP contribution in [0.5, 0.6) is 11.5 Å². The van der Waals surface area contributed by atoms with Crippen molar-refractivity contribution in [2.45, 2.75) is 27.7 Å². The van der Waals surface area contributed by atoms with Gasteiger partial charge >= 0.3 is 0 Å². The van der Waals surface area contributed by atoms with Crippen molar-refractivity contribution in [1.82, 2.24) is 0 Å². The second-order valence-electron chi connectivity index (χ2n) is 7.88. The topological polar surface area (TPSA) is 51.1 Å². The number of rotatable bonds is 7. The Balaban J connectivity index is 1.76. The van der Waals surface area contributed by atoms with Gasteiger partial charge in [-0.3, -0.25) is 9.69 Å². The second kappa shape index (κ2) is 10.6. The maximum absolute atomic E-state index is 13.6. The smallest absolute Gasteiger partial charge is 0.271 e. The highest BCUT2D eigenvalue weighted by molar-refractivity contribution is 8.19. The van der Waals surface area contributed by atoms with Crippen molar-refractivity contribution < 1.29 is 14.3 Å². The molecule has 5 nitrogen and oxygen atoms in total. The van der Waals surface area contributed by atoms with Crippen molar-refractivity contribution in [2.75, 3.05) is 18.1 Å². The number of thioether (sulfide) groups is 1. The van der Waals surface area contributed by atoms with Crippen LogP contribution in [0.1, 0.15) is 30.5 Å². The summed E-state index contributed by atoms with van der Waals surface area (Å²) in [4.78, 5) is 20.6. The third-order valence-electron chi connectivity index (χ3n) is 5.24. The van der Waals surface area contributed by atoms with E-state index in [1.807, 2.05) is 101 Å². The van der Waals surface area contributed by atoms with E-state index in [-0.39, 0.29) is 5.91 Å². The molecule has 0 radical (unpaired) electrons. The molecule has 0 aromatic heterocycles. The van der Waals surface area contributed by atoms with Gasteiger partial charge in [-0.2, -0.15) is 0 Å². The van der Waals surface area contributed by atoms with E-state index in [1.54, 1.807) is 4.90 Å². The molecule has 1 aliphatic rings. The van der Waals surface area contributed by atoms with Gasteiger partial charge < -0.3 is 9.47 Å². The Kier molecular flexibility index (Phi) is 7.38. The van der Waals surface area contributed by atoms with E-state index in [0.29, 0.717) is 29.0 Å². The summed E-state index contributed by atoms with van der Waals surface area (Å²) in [6.45, 7) is 9.03. The summed E-state index contributed by atoms with van der Waals surface area (Å²) in [5, 5.41) is 0.618. The number of amides is 1. The van der Waals surface area contributed by atoms with Gasteiger partial charge in [-0.25, -0.2) is 4.99 Å². The van der Waals surface area contributed by atoms with Crippen LogP contribution in [-0.2, 0) is 4.79 Å². The average molecular weight is 473 g/mol. The molecular formula is C28H28N2O3S. The monoisotopic (exact) mass is 472 g/mol. The maximum Gasteiger partial charge on any atom is 0.271 e. The highest BCUT2D eigenvalue weighted by atomic mass is 32.2. The van der Waals surface area contributed by atoms with Crippen LogP contribution >= 0.6 is 11.8 Å². The summed E-state index contributed by atoms with van der Waals surface area (Å²) in [5.41, 5.74) is 4.70. The zero-order chi connectivity index (χ0) is 24.1. The minimum Gasteiger partial charge on any atom is -0.494 e. The highest BCUT2D eigenvalue weighted by Gasteiger charge is 2.35. The van der Waals surface area contributed by atoms with E-state index in [4.69, 9.17) is 14.5 Å². The molecule has 34 heavy (non-hydrogen) atoms. The maximum atomic E-state index is 13.6. The minimum absolute atomic E-state index is 0.115. The van der Waals surface area contributed by atoms with Gasteiger partial charge in [0.25, 0.3) is 5.91 Å². The number of aryl methyl sites for hydroxylation is 2. The number of carbonyl (C=O) groups excluding carboxylic acids is 1. The molecule has 0 bridgehead atoms. The van der Waals surface area contributed by atoms with Crippen LogP contribution in [-0.4, -0.2) is 24.3 Å². The summed E-state index contributed by atoms with van der Waals surface area (Å²) in [6, 6.07) is 21.5. The van der Waals surface area contributed by atoms with Gasteiger partial charge in [0.1, 0.15) is 11.5 Å². The van der Waals surface area contributed by atoms with Crippen LogP contribution in [0.15, 0.2) is 76.6 Å². The SMILES string of the molecule is CCOc1ccc(/C=C2\SC(=Nc3ccc(C)cc3)N(c3ccc(C)cc3)C2=O)c(OCC)c1. The Morgan fingerprint density at radius 2 is 1.53 bits per heavy atom. The number of benzene rings is 3. The van der Waals surface area contributed by atoms with Crippen molar-refractivity contribution in [1.29, 1.82) is 0 Å². The predicted octanol–water partition coefficient (Wildman–Crippen LogP) is 6.91. The summed E-state index contributed by atoms with van der Waals surface area (Å²) in [5.74, 6) is 1.30. The third kappa shape index (κ3) is 5.34. The first-order valence-corrected chi connectivity index (χ1v) is 12.2. The van der Waals surface area contributed by atoms with Crippen LogP contribution in [0.25, 0.3) is 6.08 Å². The number of hydrogen-bond acceptors (Lipinski definition) is 5. The van der Waals surface area contributed by atoms with E-state index in [0.717, 1.165) is 33.8 Å². The summed E-state index contributed by atoms with van der Waals surface area (Å²) in [6.07, 6.45) is 1.87. The molecule has 0 unspecified atom stereocenters. The van der Waals surface area contributed by atoms with Gasteiger partial charge in [-0.1, -0.05) is 35.4 Å². The number of nitrogens with zero attached hydrogens (tertiary/aromatic N) is 2. The lowest BCUT2D eigenvalue weighted by Gasteiger charge is -2.16. The number of anilines is 1. The van der Waals surface area contributed by atoms with E-state index in [9.17, 15) is 4.79 Å². The molecule has 3 aromatic rings. The van der Waals surface area contributed by atoms with Gasteiger partial charge in [0.15, 0.2) is 5.17 Å². The van der Waals surface area contributed by atoms with Crippen molar-refractivity contribution in [3.63, 3.8) is 0 Å². The molecule has 1 fully saturated rings. The van der Waals surface area contributed by atoms with E-state index in [1.165, 1.54) is 11.8 Å². The quantitative estimate of drug-likeness (QED) is 0.351. The first kappa shape index (κ1) is 23.6. The molecule has 1 heterocycles. The zero-order valence-electron chi connectivity index (χ0n) is 19.9. The Hall–Kier alpha value is -3.51. The fourth-order valence-corrected chi connectivity index (χ4v) is 4.50. The molecule has 174 valence electrons. The van der Waals surface area contributed by atoms with Gasteiger partial charge in [0, 0.05) is 11.6 Å². The average Bonchev–Trinajstić information content (AvgIpc) is 3.12. The summed E-state index contributed by atoms with van der Waals surface area (Å²) in [7, 11) is 0. The number of ether oxygens (including phenoxy) is 2. The first-order chi connectivity index (χ1) is 16.5. The van der Waals surface area contributed by atoms with Gasteiger partial charge in [-0.05, 0) is 81.9 Å². The lowest BCUT2D eigenvalue weighted by Crippen LogP contribution is -2.28. The molecule has 3 aromatic carbocycles. The fourth-order valence-electron chi connectivity index (χ4n) is 3.51. The summed E-state index contributed by atoms with van der Waals surface area (Å²) < 4.78 is 11.5. The molecule has 1 aliphatic heterocycles. The lowest BCUT2D eigenvalue weighted by atomic mass is 10.1. The molecule has 0 saturated carbocycles. The first-order valence-electron chi connectivity index (χ1n) is 11.3. The van der Waals surface area contributed by atoms with Crippen LogP contribution < -0.4 is 14.4 Å². The van der Waals surface area contributed by atoms with Gasteiger partial charge in [0.05, 0.1) is 29.5 Å². The van der Waals surface area contributed by atoms with Gasteiger partial charge in [-0.15, -0.1) is 0 Å². The van der Waals surface area contributed by atoms with Crippen LogP contribution in [0.4, 0.5) is 11.4 Å². The molecule has 0 spiro atoms. The van der Waals surface area contributed by atoms with Crippen LogP contribution in [0, 0.1) is 13.8 Å². The second-order valence-corrected chi connectivity index (χ2v) is 8.89. The molecule has 1 saturated heterocycles. The lowest BCUT2D eigenvalue weighted by molar-refractivity contribution is -0.113. The third-order valence-corrected chi connectivity index (χ3v) is 6.21. The van der Waals surface area contributed by atoms with Crippen molar-refractivity contribution >= 4 is 40.3 Å². The Labute approximate surface area is 205 Å². The Morgan fingerprint density at radius 1 is 0.882 bits per heavy atom. The fraction of sp³-hybridized carbons (Fsp3) is 0.214. The highest BCUT2D eigenvalue weighted by Crippen LogP contribution is 2.39. The molecule has 0 atom stereocenters.